The van der Waals surface area contributed by atoms with E-state index in [-0.39, 0.29) is 0 Å². The van der Waals surface area contributed by atoms with Gasteiger partial charge in [-0.1, -0.05) is 6.92 Å². The molecule has 5 heteroatoms. The molecule has 0 radical (unpaired) electrons. The minimum absolute atomic E-state index is 0.719. The molecule has 2 aromatic rings. The molecule has 4 N–H and O–H groups in total. The maximum Gasteiger partial charge on any atom is 0.0672 e. The van der Waals surface area contributed by atoms with E-state index in [1.165, 1.54) is 19.5 Å². The third-order valence-corrected chi connectivity index (χ3v) is 4.01. The van der Waals surface area contributed by atoms with Crippen LogP contribution in [0.4, 0.5) is 11.4 Å². The molecule has 0 spiro atoms. The molecule has 1 aromatic heterocycles. The van der Waals surface area contributed by atoms with Crippen molar-refractivity contribution in [3.05, 3.63) is 18.3 Å². The van der Waals surface area contributed by atoms with Crippen LogP contribution >= 0.6 is 0 Å². The number of anilines is 2. The van der Waals surface area contributed by atoms with E-state index >= 15 is 0 Å². The van der Waals surface area contributed by atoms with Crippen LogP contribution in [-0.4, -0.2) is 41.3 Å². The molecule has 1 aliphatic heterocycles. The van der Waals surface area contributed by atoms with E-state index < -0.39 is 0 Å². The number of fused-ring (bicyclic) bond motifs is 1. The highest BCUT2D eigenvalue weighted by Gasteiger charge is 2.20. The number of nitrogens with two attached hydrogens (primary N) is 1. The first-order valence-electron chi connectivity index (χ1n) is 6.95. The second-order valence-corrected chi connectivity index (χ2v) is 5.33. The Morgan fingerprint density at radius 2 is 2.42 bits per heavy atom. The highest BCUT2D eigenvalue weighted by atomic mass is 15.1. The van der Waals surface area contributed by atoms with Crippen LogP contribution in [0.15, 0.2) is 18.3 Å². The van der Waals surface area contributed by atoms with Crippen molar-refractivity contribution in [3.8, 4) is 0 Å². The summed E-state index contributed by atoms with van der Waals surface area (Å²) in [4.78, 5) is 2.49. The topological polar surface area (TPSA) is 70.0 Å². The van der Waals surface area contributed by atoms with Gasteiger partial charge in [-0.3, -0.25) is 5.10 Å². The van der Waals surface area contributed by atoms with E-state index in [4.69, 9.17) is 5.73 Å². The summed E-state index contributed by atoms with van der Waals surface area (Å²) in [5.74, 6) is 0.719. The molecule has 0 aliphatic carbocycles. The summed E-state index contributed by atoms with van der Waals surface area (Å²) in [5.41, 5.74) is 8.89. The highest BCUT2D eigenvalue weighted by molar-refractivity contribution is 5.88. The number of hydrogen-bond acceptors (Lipinski definition) is 4. The lowest BCUT2D eigenvalue weighted by molar-refractivity contribution is 0.345. The lowest BCUT2D eigenvalue weighted by Crippen LogP contribution is -2.22. The van der Waals surface area contributed by atoms with Crippen molar-refractivity contribution in [1.82, 2.24) is 15.1 Å². The fourth-order valence-corrected chi connectivity index (χ4v) is 2.78. The van der Waals surface area contributed by atoms with E-state index in [0.717, 1.165) is 41.3 Å². The summed E-state index contributed by atoms with van der Waals surface area (Å²) >= 11 is 0. The van der Waals surface area contributed by atoms with Crippen molar-refractivity contribution in [2.45, 2.75) is 13.3 Å². The number of rotatable bonds is 4. The van der Waals surface area contributed by atoms with Gasteiger partial charge < -0.3 is 16.0 Å². The van der Waals surface area contributed by atoms with Gasteiger partial charge in [-0.25, -0.2) is 0 Å². The highest BCUT2D eigenvalue weighted by Crippen LogP contribution is 2.25. The molecule has 1 aliphatic rings. The molecule has 19 heavy (non-hydrogen) atoms. The molecule has 0 amide bonds. The zero-order valence-corrected chi connectivity index (χ0v) is 11.3. The zero-order chi connectivity index (χ0) is 13.2. The van der Waals surface area contributed by atoms with Crippen LogP contribution < -0.4 is 11.1 Å². The van der Waals surface area contributed by atoms with Gasteiger partial charge in [0.15, 0.2) is 0 Å². The molecular formula is C14H21N5. The number of nitrogens with zero attached hydrogens (tertiary/aromatic N) is 2. The van der Waals surface area contributed by atoms with Crippen LogP contribution in [0, 0.1) is 5.92 Å². The Hall–Kier alpha value is -1.75. The maximum absolute atomic E-state index is 6.07. The monoisotopic (exact) mass is 259 g/mol. The molecule has 2 heterocycles. The molecular weight excluding hydrogens is 238 g/mol. The Labute approximate surface area is 113 Å². The number of H-pyrrole nitrogens is 1. The molecule has 1 fully saturated rings. The Morgan fingerprint density at radius 3 is 3.21 bits per heavy atom. The van der Waals surface area contributed by atoms with Crippen LogP contribution in [0.1, 0.15) is 13.3 Å². The minimum atomic E-state index is 0.719. The van der Waals surface area contributed by atoms with Gasteiger partial charge in [0.2, 0.25) is 0 Å². The molecule has 0 bridgehead atoms. The van der Waals surface area contributed by atoms with Crippen molar-refractivity contribution in [2.75, 3.05) is 37.2 Å². The first kappa shape index (κ1) is 12.3. The van der Waals surface area contributed by atoms with E-state index in [0.29, 0.717) is 0 Å². The SMILES string of the molecule is CCN1CCC(CNc2cc3[nH]ncc3cc2N)C1. The van der Waals surface area contributed by atoms with Crippen molar-refractivity contribution in [2.24, 2.45) is 5.92 Å². The van der Waals surface area contributed by atoms with Crippen molar-refractivity contribution < 1.29 is 0 Å². The maximum atomic E-state index is 6.07. The van der Waals surface area contributed by atoms with Gasteiger partial charge in [0.1, 0.15) is 0 Å². The van der Waals surface area contributed by atoms with Gasteiger partial charge in [-0.2, -0.15) is 5.10 Å². The summed E-state index contributed by atoms with van der Waals surface area (Å²) in [6, 6.07) is 4.01. The van der Waals surface area contributed by atoms with Crippen molar-refractivity contribution >= 4 is 22.3 Å². The number of likely N-dealkylation sites (tertiary alicyclic amines) is 1. The predicted octanol–water partition coefficient (Wildman–Crippen LogP) is 1.90. The third-order valence-electron chi connectivity index (χ3n) is 4.01. The molecule has 3 rings (SSSR count). The van der Waals surface area contributed by atoms with Crippen LogP contribution in [-0.2, 0) is 0 Å². The van der Waals surface area contributed by atoms with Gasteiger partial charge in [-0.05, 0) is 37.6 Å². The van der Waals surface area contributed by atoms with Crippen LogP contribution in [0.25, 0.3) is 10.9 Å². The fourth-order valence-electron chi connectivity index (χ4n) is 2.78. The number of benzene rings is 1. The lowest BCUT2D eigenvalue weighted by atomic mass is 10.1. The Bertz CT molecular complexity index is 562. The summed E-state index contributed by atoms with van der Waals surface area (Å²) in [7, 11) is 0. The summed E-state index contributed by atoms with van der Waals surface area (Å²) in [5, 5.41) is 11.5. The lowest BCUT2D eigenvalue weighted by Gasteiger charge is -2.15. The number of nitrogens with one attached hydrogen (secondary N) is 2. The predicted molar refractivity (Wildman–Crippen MR) is 79.2 cm³/mol. The van der Waals surface area contributed by atoms with Crippen LogP contribution in [0.3, 0.4) is 0 Å². The summed E-state index contributed by atoms with van der Waals surface area (Å²) in [6.07, 6.45) is 3.07. The molecule has 1 saturated heterocycles. The average molecular weight is 259 g/mol. The standard InChI is InChI=1S/C14H21N5/c1-2-19-4-3-10(9-19)7-16-14-6-13-11(5-12(14)15)8-17-18-13/h5-6,8,10,16H,2-4,7,9,15H2,1H3,(H,17,18). The largest absolute Gasteiger partial charge is 0.397 e. The van der Waals surface area contributed by atoms with Gasteiger partial charge >= 0.3 is 0 Å². The molecule has 5 nitrogen and oxygen atoms in total. The fraction of sp³-hybridized carbons (Fsp3) is 0.500. The molecule has 102 valence electrons. The van der Waals surface area contributed by atoms with Gasteiger partial charge in [-0.15, -0.1) is 0 Å². The van der Waals surface area contributed by atoms with Gasteiger partial charge in [0, 0.05) is 18.5 Å². The second kappa shape index (κ2) is 5.09. The van der Waals surface area contributed by atoms with Crippen LogP contribution in [0.2, 0.25) is 0 Å². The number of aromatic amines is 1. The van der Waals surface area contributed by atoms with Crippen molar-refractivity contribution in [3.63, 3.8) is 0 Å². The van der Waals surface area contributed by atoms with E-state index in [1.54, 1.807) is 6.20 Å². The second-order valence-electron chi connectivity index (χ2n) is 5.33. The summed E-state index contributed by atoms with van der Waals surface area (Å²) < 4.78 is 0. The third kappa shape index (κ3) is 2.51. The number of hydrogen-bond donors (Lipinski definition) is 3. The normalized spacial score (nSPS) is 20.2. The minimum Gasteiger partial charge on any atom is -0.397 e. The number of nitrogen functional groups attached to an aromatic ring is 1. The summed E-state index contributed by atoms with van der Waals surface area (Å²) in [6.45, 7) is 6.77. The zero-order valence-electron chi connectivity index (χ0n) is 11.3. The van der Waals surface area contributed by atoms with Gasteiger partial charge in [0.05, 0.1) is 23.1 Å². The molecule has 1 atom stereocenters. The quantitative estimate of drug-likeness (QED) is 0.733. The number of aromatic nitrogens is 2. The first-order chi connectivity index (χ1) is 9.26. The Kier molecular flexibility index (Phi) is 3.29. The smallest absolute Gasteiger partial charge is 0.0672 e. The van der Waals surface area contributed by atoms with E-state index in [9.17, 15) is 0 Å². The molecule has 1 aromatic carbocycles. The first-order valence-corrected chi connectivity index (χ1v) is 6.95. The average Bonchev–Trinajstić information content (AvgIpc) is 3.03. The van der Waals surface area contributed by atoms with E-state index in [2.05, 4.69) is 27.3 Å². The molecule has 1 unspecified atom stereocenters. The van der Waals surface area contributed by atoms with E-state index in [1.807, 2.05) is 12.1 Å². The van der Waals surface area contributed by atoms with Crippen LogP contribution in [0.5, 0.6) is 0 Å². The Morgan fingerprint density at radius 1 is 1.53 bits per heavy atom. The van der Waals surface area contributed by atoms with Gasteiger partial charge in [0.25, 0.3) is 0 Å². The molecule has 0 saturated carbocycles. The Balaban J connectivity index is 1.66. The van der Waals surface area contributed by atoms with Crippen molar-refractivity contribution in [1.29, 1.82) is 0 Å².